The van der Waals surface area contributed by atoms with Crippen LogP contribution in [0.3, 0.4) is 0 Å². The molecule has 0 N–H and O–H groups in total. The number of halogens is 12. The fraction of sp³-hybridized carbons (Fsp3) is 0.424. The largest absolute Gasteiger partial charge is 0.416 e. The molecule has 1 saturated heterocycles. The van der Waals surface area contributed by atoms with Crippen molar-refractivity contribution in [2.24, 2.45) is 11.3 Å². The molecule has 266 valence electrons. The molecular weight excluding hydrogens is 684 g/mol. The summed E-state index contributed by atoms with van der Waals surface area (Å²) < 4.78 is 167. The number of nitrogens with zero attached hydrogens (tertiary/aromatic N) is 2. The third-order valence-corrected chi connectivity index (χ3v) is 9.18. The van der Waals surface area contributed by atoms with Crippen molar-refractivity contribution in [2.45, 2.75) is 56.7 Å². The van der Waals surface area contributed by atoms with Crippen molar-refractivity contribution in [2.75, 3.05) is 20.2 Å². The van der Waals surface area contributed by atoms with Gasteiger partial charge in [-0.25, -0.2) is 4.79 Å². The first kappa shape index (κ1) is 36.3. The first-order valence-corrected chi connectivity index (χ1v) is 14.8. The lowest BCUT2D eigenvalue weighted by Gasteiger charge is -2.37. The Morgan fingerprint density at radius 2 is 1.27 bits per heavy atom. The minimum Gasteiger partial charge on any atom is -0.376 e. The molecule has 3 aromatic carbocycles. The quantitative estimate of drug-likeness (QED) is 0.229. The summed E-state index contributed by atoms with van der Waals surface area (Å²) in [6.07, 6.45) is -19.8. The highest BCUT2D eigenvalue weighted by atomic mass is 19.4. The molecule has 0 spiro atoms. The topological polar surface area (TPSA) is 32.8 Å². The van der Waals surface area contributed by atoms with E-state index in [0.29, 0.717) is 36.2 Å². The zero-order valence-corrected chi connectivity index (χ0v) is 25.7. The second kappa shape index (κ2) is 12.4. The number of ether oxygens (including phenoxy) is 1. The van der Waals surface area contributed by atoms with Crippen LogP contribution in [0.1, 0.15) is 64.4 Å². The number of fused-ring (bicyclic) bond motifs is 1. The summed E-state index contributed by atoms with van der Waals surface area (Å²) >= 11 is 0. The molecule has 4 nitrogen and oxygen atoms in total. The molecule has 2 amide bonds. The molecule has 1 saturated carbocycles. The van der Waals surface area contributed by atoms with E-state index in [2.05, 4.69) is 0 Å². The summed E-state index contributed by atoms with van der Waals surface area (Å²) in [5.41, 5.74) is -7.04. The Bertz CT molecular complexity index is 1620. The number of alkyl halides is 12. The molecule has 2 aliphatic rings. The number of carbonyl (C=O) groups is 1. The molecule has 4 atom stereocenters. The first-order chi connectivity index (χ1) is 22.5. The van der Waals surface area contributed by atoms with Gasteiger partial charge in [-0.3, -0.25) is 0 Å². The number of amides is 2. The maximum atomic E-state index is 13.9. The van der Waals surface area contributed by atoms with Gasteiger partial charge in [0.1, 0.15) is 0 Å². The van der Waals surface area contributed by atoms with Crippen LogP contribution in [0.4, 0.5) is 57.5 Å². The number of carbonyl (C=O) groups excluding carboxylic acids is 1. The van der Waals surface area contributed by atoms with E-state index < -0.39 is 82.7 Å². The average Bonchev–Trinajstić information content (AvgIpc) is 3.60. The summed E-state index contributed by atoms with van der Waals surface area (Å²) in [5, 5.41) is 0. The average molecular weight is 713 g/mol. The maximum Gasteiger partial charge on any atom is 0.416 e. The van der Waals surface area contributed by atoms with Crippen LogP contribution in [0.5, 0.6) is 0 Å². The molecule has 0 aromatic heterocycles. The van der Waals surface area contributed by atoms with Crippen molar-refractivity contribution < 1.29 is 62.2 Å². The molecule has 1 aliphatic carbocycles. The lowest BCUT2D eigenvalue weighted by Crippen LogP contribution is -2.44. The second-order valence-electron chi connectivity index (χ2n) is 12.4. The first-order valence-electron chi connectivity index (χ1n) is 14.8. The van der Waals surface area contributed by atoms with E-state index in [-0.39, 0.29) is 36.8 Å². The molecule has 0 bridgehead atoms. The number of urea groups is 1. The fourth-order valence-corrected chi connectivity index (χ4v) is 6.50. The van der Waals surface area contributed by atoms with Gasteiger partial charge in [-0.1, -0.05) is 30.3 Å². The summed E-state index contributed by atoms with van der Waals surface area (Å²) in [4.78, 5) is 16.4. The van der Waals surface area contributed by atoms with Gasteiger partial charge in [-0.05, 0) is 72.4 Å². The van der Waals surface area contributed by atoms with Crippen molar-refractivity contribution in [1.29, 1.82) is 0 Å². The van der Waals surface area contributed by atoms with Gasteiger partial charge in [-0.15, -0.1) is 0 Å². The molecule has 5 rings (SSSR count). The van der Waals surface area contributed by atoms with E-state index in [9.17, 15) is 57.5 Å². The van der Waals surface area contributed by atoms with Crippen LogP contribution in [0.25, 0.3) is 0 Å². The van der Waals surface area contributed by atoms with Crippen LogP contribution < -0.4 is 0 Å². The Labute approximate surface area is 272 Å². The van der Waals surface area contributed by atoms with E-state index in [0.717, 1.165) is 4.90 Å². The molecule has 3 aromatic rings. The molecule has 49 heavy (non-hydrogen) atoms. The Morgan fingerprint density at radius 1 is 0.796 bits per heavy atom. The Hall–Kier alpha value is -3.95. The molecule has 0 radical (unpaired) electrons. The SMILES string of the molecule is C[C@@H](c1cc(C(F)(F)F)cc(C(F)(F)F)c1)N(C)C(=O)N1CC2C[C@@]2(COCc2cc(C(F)(F)F)cc(C(F)(F)F)c2)[C@@H]1c1ccccc1. The highest BCUT2D eigenvalue weighted by molar-refractivity contribution is 5.76. The minimum absolute atomic E-state index is 0.00575. The van der Waals surface area contributed by atoms with Gasteiger partial charge in [-0.2, -0.15) is 52.7 Å². The van der Waals surface area contributed by atoms with Crippen LogP contribution in [-0.4, -0.2) is 36.0 Å². The number of hydrogen-bond donors (Lipinski definition) is 0. The highest BCUT2D eigenvalue weighted by Gasteiger charge is 2.67. The summed E-state index contributed by atoms with van der Waals surface area (Å²) in [6.45, 7) is 0.618. The maximum absolute atomic E-state index is 13.9. The molecule has 16 heteroatoms. The van der Waals surface area contributed by atoms with Crippen LogP contribution in [0, 0.1) is 11.3 Å². The standard InChI is InChI=1S/C33H28F12N2O2/c1-18(21-10-24(32(40,41)42)13-25(11-21)33(43,44)45)46(2)28(48)47-15-26-14-29(26,27(47)20-6-4-3-5-7-20)17-49-16-19-8-22(30(34,35)36)12-23(9-19)31(37,38)39/h3-13,18,26-27H,14-17H2,1-2H3/t18-,26?,27-,29-/m0/s1. The number of hydrogen-bond acceptors (Lipinski definition) is 2. The van der Waals surface area contributed by atoms with Gasteiger partial charge in [0, 0.05) is 19.0 Å². The molecule has 1 aliphatic heterocycles. The zero-order valence-electron chi connectivity index (χ0n) is 25.7. The van der Waals surface area contributed by atoms with Crippen LogP contribution in [0.2, 0.25) is 0 Å². The van der Waals surface area contributed by atoms with E-state index in [1.807, 2.05) is 0 Å². The van der Waals surface area contributed by atoms with Crippen molar-refractivity contribution in [3.05, 3.63) is 106 Å². The smallest absolute Gasteiger partial charge is 0.376 e. The Morgan fingerprint density at radius 3 is 1.73 bits per heavy atom. The van der Waals surface area contributed by atoms with Crippen LogP contribution in [-0.2, 0) is 36.0 Å². The van der Waals surface area contributed by atoms with Gasteiger partial charge in [0.25, 0.3) is 0 Å². The minimum atomic E-state index is -5.10. The normalized spacial score (nSPS) is 21.8. The molecular formula is C33H28F12N2O2. The second-order valence-corrected chi connectivity index (χ2v) is 12.4. The van der Waals surface area contributed by atoms with E-state index in [1.165, 1.54) is 18.9 Å². The third kappa shape index (κ3) is 7.48. The predicted molar refractivity (Wildman–Crippen MR) is 151 cm³/mol. The number of rotatable bonds is 7. The lowest BCUT2D eigenvalue weighted by molar-refractivity contribution is -0.144. The predicted octanol–water partition coefficient (Wildman–Crippen LogP) is 10.2. The van der Waals surface area contributed by atoms with Crippen molar-refractivity contribution >= 4 is 6.03 Å². The van der Waals surface area contributed by atoms with E-state index in [4.69, 9.17) is 4.74 Å². The van der Waals surface area contributed by atoms with Gasteiger partial charge in [0.05, 0.1) is 47.6 Å². The van der Waals surface area contributed by atoms with Crippen molar-refractivity contribution in [3.63, 3.8) is 0 Å². The highest BCUT2D eigenvalue weighted by Crippen LogP contribution is 2.67. The Balaban J connectivity index is 1.40. The summed E-state index contributed by atoms with van der Waals surface area (Å²) in [6, 6.07) is 7.96. The van der Waals surface area contributed by atoms with Crippen LogP contribution in [0.15, 0.2) is 66.7 Å². The van der Waals surface area contributed by atoms with E-state index in [1.54, 1.807) is 30.3 Å². The van der Waals surface area contributed by atoms with E-state index >= 15 is 0 Å². The fourth-order valence-electron chi connectivity index (χ4n) is 6.50. The number of piperidine rings is 1. The monoisotopic (exact) mass is 712 g/mol. The van der Waals surface area contributed by atoms with Crippen molar-refractivity contribution in [3.8, 4) is 0 Å². The third-order valence-electron chi connectivity index (χ3n) is 9.18. The zero-order chi connectivity index (χ0) is 36.3. The van der Waals surface area contributed by atoms with Gasteiger partial charge >= 0.3 is 30.7 Å². The lowest BCUT2D eigenvalue weighted by atomic mass is 9.90. The van der Waals surface area contributed by atoms with Crippen LogP contribution >= 0.6 is 0 Å². The van der Waals surface area contributed by atoms with Gasteiger partial charge in [0.15, 0.2) is 0 Å². The molecule has 1 heterocycles. The molecule has 2 fully saturated rings. The summed E-state index contributed by atoms with van der Waals surface area (Å²) in [5.74, 6) is -0.219. The summed E-state index contributed by atoms with van der Waals surface area (Å²) in [7, 11) is 1.24. The Kier molecular flexibility index (Phi) is 9.22. The van der Waals surface area contributed by atoms with Gasteiger partial charge in [0.2, 0.25) is 0 Å². The van der Waals surface area contributed by atoms with Crippen molar-refractivity contribution in [1.82, 2.24) is 9.80 Å². The van der Waals surface area contributed by atoms with Gasteiger partial charge < -0.3 is 14.5 Å². The molecule has 1 unspecified atom stereocenters. The number of benzene rings is 3. The number of likely N-dealkylation sites (tertiary alicyclic amines) is 1.